The van der Waals surface area contributed by atoms with Gasteiger partial charge in [-0.3, -0.25) is 4.79 Å². The maximum absolute atomic E-state index is 12.0. The second-order valence-electron chi connectivity index (χ2n) is 4.26. The number of nitrogens with zero attached hydrogens (tertiary/aromatic N) is 3. The van der Waals surface area contributed by atoms with E-state index >= 15 is 0 Å². The first-order valence-electron chi connectivity index (χ1n) is 5.31. The predicted octanol–water partition coefficient (Wildman–Crippen LogP) is 1.18. The van der Waals surface area contributed by atoms with Crippen molar-refractivity contribution in [2.45, 2.75) is 19.4 Å². The van der Waals surface area contributed by atoms with Crippen LogP contribution in [0, 0.1) is 0 Å². The van der Waals surface area contributed by atoms with Gasteiger partial charge in [0.1, 0.15) is 10.8 Å². The summed E-state index contributed by atoms with van der Waals surface area (Å²) in [7, 11) is 0. The molecule has 7 heteroatoms. The van der Waals surface area contributed by atoms with E-state index in [1.807, 2.05) is 19.2 Å². The Kier molecular flexibility index (Phi) is 3.24. The van der Waals surface area contributed by atoms with E-state index in [9.17, 15) is 4.79 Å². The highest BCUT2D eigenvalue weighted by Gasteiger charge is 2.26. The molecule has 0 spiro atoms. The number of nitrogens with two attached hydrogens (primary N) is 1. The van der Waals surface area contributed by atoms with Crippen LogP contribution in [0.3, 0.4) is 0 Å². The van der Waals surface area contributed by atoms with Gasteiger partial charge in [-0.05, 0) is 26.0 Å². The van der Waals surface area contributed by atoms with Gasteiger partial charge in [-0.2, -0.15) is 0 Å². The molecule has 18 heavy (non-hydrogen) atoms. The molecule has 94 valence electrons. The summed E-state index contributed by atoms with van der Waals surface area (Å²) in [5.74, 6) is -0.0200. The van der Waals surface area contributed by atoms with Crippen molar-refractivity contribution < 1.29 is 4.79 Å². The third kappa shape index (κ3) is 2.62. The minimum Gasteiger partial charge on any atom is -0.382 e. The van der Waals surface area contributed by atoms with E-state index in [0.29, 0.717) is 0 Å². The number of thiazole rings is 1. The summed E-state index contributed by atoms with van der Waals surface area (Å²) in [6.45, 7) is 3.77. The summed E-state index contributed by atoms with van der Waals surface area (Å²) in [4.78, 5) is 16.2. The van der Waals surface area contributed by atoms with E-state index in [2.05, 4.69) is 20.5 Å². The Balaban J connectivity index is 2.14. The standard InChI is InChI=1S/C11H13N5OS/c1-11(2,10-13-5-6-18-10)14-9(17)7-3-4-8(12)16-15-7/h3-6H,1-2H3,(H2,12,16)(H,14,17). The number of hydrogen-bond donors (Lipinski definition) is 2. The molecule has 0 aliphatic carbocycles. The zero-order valence-electron chi connectivity index (χ0n) is 10.0. The van der Waals surface area contributed by atoms with Crippen molar-refractivity contribution in [2.75, 3.05) is 5.73 Å². The molecule has 6 nitrogen and oxygen atoms in total. The average Bonchev–Trinajstić information content (AvgIpc) is 2.83. The highest BCUT2D eigenvalue weighted by atomic mass is 32.1. The molecule has 1 amide bonds. The quantitative estimate of drug-likeness (QED) is 0.867. The molecule has 0 saturated heterocycles. The second kappa shape index (κ2) is 4.69. The summed E-state index contributed by atoms with van der Waals surface area (Å²) < 4.78 is 0. The second-order valence-corrected chi connectivity index (χ2v) is 5.15. The van der Waals surface area contributed by atoms with Gasteiger partial charge >= 0.3 is 0 Å². The van der Waals surface area contributed by atoms with Crippen LogP contribution in [-0.4, -0.2) is 21.1 Å². The summed E-state index contributed by atoms with van der Waals surface area (Å²) in [6.07, 6.45) is 1.71. The first-order valence-corrected chi connectivity index (χ1v) is 6.19. The zero-order valence-corrected chi connectivity index (χ0v) is 10.9. The Morgan fingerprint density at radius 3 is 2.72 bits per heavy atom. The molecule has 0 saturated carbocycles. The smallest absolute Gasteiger partial charge is 0.272 e. The molecule has 2 aromatic rings. The van der Waals surface area contributed by atoms with Gasteiger partial charge in [0.2, 0.25) is 0 Å². The third-order valence-corrected chi connectivity index (χ3v) is 3.41. The van der Waals surface area contributed by atoms with Crippen LogP contribution in [0.2, 0.25) is 0 Å². The summed E-state index contributed by atoms with van der Waals surface area (Å²) in [5, 5.41) is 12.9. The molecular weight excluding hydrogens is 250 g/mol. The van der Waals surface area contributed by atoms with Crippen LogP contribution in [0.5, 0.6) is 0 Å². The van der Waals surface area contributed by atoms with Gasteiger partial charge in [0.15, 0.2) is 5.69 Å². The minimum absolute atomic E-state index is 0.230. The lowest BCUT2D eigenvalue weighted by molar-refractivity contribution is 0.0906. The Hall–Kier alpha value is -2.02. The van der Waals surface area contributed by atoms with Crippen molar-refractivity contribution in [1.29, 1.82) is 0 Å². The fourth-order valence-corrected chi connectivity index (χ4v) is 2.12. The number of nitrogen functional groups attached to an aromatic ring is 1. The van der Waals surface area contributed by atoms with Crippen LogP contribution in [-0.2, 0) is 5.54 Å². The monoisotopic (exact) mass is 263 g/mol. The number of amides is 1. The molecule has 3 N–H and O–H groups in total. The van der Waals surface area contributed by atoms with Gasteiger partial charge in [0, 0.05) is 11.6 Å². The zero-order chi connectivity index (χ0) is 13.2. The number of anilines is 1. The lowest BCUT2D eigenvalue weighted by atomic mass is 10.1. The van der Waals surface area contributed by atoms with Crippen molar-refractivity contribution in [3.05, 3.63) is 34.4 Å². The van der Waals surface area contributed by atoms with Gasteiger partial charge in [0.05, 0.1) is 5.54 Å². The van der Waals surface area contributed by atoms with E-state index in [1.165, 1.54) is 23.5 Å². The summed E-state index contributed by atoms with van der Waals surface area (Å²) in [6, 6.07) is 3.08. The molecular formula is C11H13N5OS. The molecule has 0 unspecified atom stereocenters. The van der Waals surface area contributed by atoms with Crippen molar-refractivity contribution in [3.8, 4) is 0 Å². The average molecular weight is 263 g/mol. The lowest BCUT2D eigenvalue weighted by Gasteiger charge is -2.23. The number of hydrogen-bond acceptors (Lipinski definition) is 6. The molecule has 2 aromatic heterocycles. The van der Waals surface area contributed by atoms with E-state index in [-0.39, 0.29) is 17.4 Å². The summed E-state index contributed by atoms with van der Waals surface area (Å²) >= 11 is 1.49. The fourth-order valence-electron chi connectivity index (χ4n) is 1.40. The van der Waals surface area contributed by atoms with Crippen LogP contribution in [0.25, 0.3) is 0 Å². The number of rotatable bonds is 3. The van der Waals surface area contributed by atoms with Crippen molar-refractivity contribution in [1.82, 2.24) is 20.5 Å². The van der Waals surface area contributed by atoms with Crippen molar-refractivity contribution in [2.24, 2.45) is 0 Å². The Bertz CT molecular complexity index is 535. The number of carbonyl (C=O) groups is 1. The molecule has 2 rings (SSSR count). The molecule has 0 bridgehead atoms. The predicted molar refractivity (Wildman–Crippen MR) is 69.1 cm³/mol. The minimum atomic E-state index is -0.547. The molecule has 0 atom stereocenters. The molecule has 0 aliphatic rings. The summed E-state index contributed by atoms with van der Waals surface area (Å²) in [5.41, 5.74) is 5.10. The first kappa shape index (κ1) is 12.4. The SMILES string of the molecule is CC(C)(NC(=O)c1ccc(N)nn1)c1nccs1. The fraction of sp³-hybridized carbons (Fsp3) is 0.273. The Morgan fingerprint density at radius 1 is 1.39 bits per heavy atom. The Morgan fingerprint density at radius 2 is 2.17 bits per heavy atom. The van der Waals surface area contributed by atoms with Gasteiger partial charge < -0.3 is 11.1 Å². The van der Waals surface area contributed by atoms with Crippen molar-refractivity contribution >= 4 is 23.1 Å². The Labute approximate surface area is 108 Å². The van der Waals surface area contributed by atoms with E-state index in [0.717, 1.165) is 5.01 Å². The van der Waals surface area contributed by atoms with Gasteiger partial charge in [-0.25, -0.2) is 4.98 Å². The van der Waals surface area contributed by atoms with Crippen LogP contribution < -0.4 is 11.1 Å². The highest BCUT2D eigenvalue weighted by molar-refractivity contribution is 7.09. The van der Waals surface area contributed by atoms with Crippen LogP contribution in [0.15, 0.2) is 23.7 Å². The molecule has 0 aromatic carbocycles. The highest BCUT2D eigenvalue weighted by Crippen LogP contribution is 2.22. The third-order valence-electron chi connectivity index (χ3n) is 2.31. The van der Waals surface area contributed by atoms with Gasteiger partial charge in [-0.1, -0.05) is 0 Å². The van der Waals surface area contributed by atoms with Crippen molar-refractivity contribution in [3.63, 3.8) is 0 Å². The van der Waals surface area contributed by atoms with E-state index < -0.39 is 5.54 Å². The maximum Gasteiger partial charge on any atom is 0.272 e. The van der Waals surface area contributed by atoms with Crippen LogP contribution in [0.1, 0.15) is 29.3 Å². The van der Waals surface area contributed by atoms with Crippen LogP contribution >= 0.6 is 11.3 Å². The topological polar surface area (TPSA) is 93.8 Å². The number of nitrogens with one attached hydrogen (secondary N) is 1. The van der Waals surface area contributed by atoms with Gasteiger partial charge in [0.25, 0.3) is 5.91 Å². The number of aromatic nitrogens is 3. The van der Waals surface area contributed by atoms with Gasteiger partial charge in [-0.15, -0.1) is 21.5 Å². The molecule has 2 heterocycles. The lowest BCUT2D eigenvalue weighted by Crippen LogP contribution is -2.41. The van der Waals surface area contributed by atoms with E-state index in [1.54, 1.807) is 6.20 Å². The first-order chi connectivity index (χ1) is 8.49. The maximum atomic E-state index is 12.0. The molecule has 0 radical (unpaired) electrons. The molecule has 0 fully saturated rings. The van der Waals surface area contributed by atoms with E-state index in [4.69, 9.17) is 5.73 Å². The normalized spacial score (nSPS) is 11.2. The van der Waals surface area contributed by atoms with Crippen LogP contribution in [0.4, 0.5) is 5.82 Å². The largest absolute Gasteiger partial charge is 0.382 e. The molecule has 0 aliphatic heterocycles. The number of carbonyl (C=O) groups excluding carboxylic acids is 1.